The maximum atomic E-state index is 12.3. The number of rotatable bonds is 4. The Hall–Kier alpha value is -3.00. The number of carbonyl (C=O) groups excluding carboxylic acids is 2. The number of halogens is 1. The molecule has 2 amide bonds. The molecule has 0 unspecified atom stereocenters. The molecule has 0 spiro atoms. The Morgan fingerprint density at radius 2 is 1.92 bits per heavy atom. The molecule has 2 heterocycles. The van der Waals surface area contributed by atoms with Crippen LogP contribution in [0.4, 0.5) is 5.88 Å². The first-order valence-electron chi connectivity index (χ1n) is 6.83. The predicted octanol–water partition coefficient (Wildman–Crippen LogP) is 2.85. The van der Waals surface area contributed by atoms with Gasteiger partial charge in [0.1, 0.15) is 11.3 Å². The van der Waals surface area contributed by atoms with Crippen LogP contribution in [-0.4, -0.2) is 22.0 Å². The first-order chi connectivity index (χ1) is 11.6. The van der Waals surface area contributed by atoms with Crippen molar-refractivity contribution in [2.75, 3.05) is 5.32 Å². The van der Waals surface area contributed by atoms with E-state index in [0.717, 1.165) is 4.47 Å². The second-order valence-corrected chi connectivity index (χ2v) is 5.72. The van der Waals surface area contributed by atoms with Gasteiger partial charge in [0, 0.05) is 28.0 Å². The average Bonchev–Trinajstić information content (AvgIpc) is 2.99. The van der Waals surface area contributed by atoms with Crippen molar-refractivity contribution in [3.8, 4) is 11.3 Å². The minimum atomic E-state index is -0.757. The Balaban J connectivity index is 1.96. The SMILES string of the molecule is NC(=O)c1c(-c2ccncc2)noc1NC(=O)c1cccc(Br)c1. The molecule has 8 heteroatoms. The van der Waals surface area contributed by atoms with Crippen LogP contribution in [0.2, 0.25) is 0 Å². The van der Waals surface area contributed by atoms with Crippen molar-refractivity contribution in [3.05, 3.63) is 64.4 Å². The lowest BCUT2D eigenvalue weighted by atomic mass is 10.1. The van der Waals surface area contributed by atoms with Gasteiger partial charge in [-0.2, -0.15) is 0 Å². The third kappa shape index (κ3) is 3.18. The van der Waals surface area contributed by atoms with Gasteiger partial charge in [-0.3, -0.25) is 19.9 Å². The summed E-state index contributed by atoms with van der Waals surface area (Å²) in [6.07, 6.45) is 3.10. The van der Waals surface area contributed by atoms with Crippen molar-refractivity contribution < 1.29 is 14.1 Å². The summed E-state index contributed by atoms with van der Waals surface area (Å²) in [7, 11) is 0. The van der Waals surface area contributed by atoms with Crippen molar-refractivity contribution in [2.24, 2.45) is 5.73 Å². The molecule has 0 bridgehead atoms. The lowest BCUT2D eigenvalue weighted by Gasteiger charge is -2.04. The number of anilines is 1. The number of benzene rings is 1. The third-order valence-electron chi connectivity index (χ3n) is 3.21. The number of nitrogens with one attached hydrogen (secondary N) is 1. The normalized spacial score (nSPS) is 10.4. The number of hydrogen-bond acceptors (Lipinski definition) is 5. The highest BCUT2D eigenvalue weighted by Gasteiger charge is 2.24. The predicted molar refractivity (Wildman–Crippen MR) is 90.3 cm³/mol. The summed E-state index contributed by atoms with van der Waals surface area (Å²) < 4.78 is 5.87. The van der Waals surface area contributed by atoms with E-state index in [4.69, 9.17) is 10.3 Å². The number of aromatic nitrogens is 2. The summed E-state index contributed by atoms with van der Waals surface area (Å²) in [6.45, 7) is 0. The number of nitrogens with zero attached hydrogens (tertiary/aromatic N) is 2. The number of carbonyl (C=O) groups is 2. The van der Waals surface area contributed by atoms with Crippen LogP contribution in [0.1, 0.15) is 20.7 Å². The molecule has 3 N–H and O–H groups in total. The molecular weight excluding hydrogens is 376 g/mol. The lowest BCUT2D eigenvalue weighted by molar-refractivity contribution is 0.100. The van der Waals surface area contributed by atoms with E-state index < -0.39 is 11.8 Å². The highest BCUT2D eigenvalue weighted by atomic mass is 79.9. The van der Waals surface area contributed by atoms with Crippen LogP contribution in [0.5, 0.6) is 0 Å². The quantitative estimate of drug-likeness (QED) is 0.715. The van der Waals surface area contributed by atoms with Crippen molar-refractivity contribution in [2.45, 2.75) is 0 Å². The Kier molecular flexibility index (Phi) is 4.39. The van der Waals surface area contributed by atoms with Gasteiger partial charge in [0.2, 0.25) is 5.88 Å². The summed E-state index contributed by atoms with van der Waals surface area (Å²) in [4.78, 5) is 28.0. The highest BCUT2D eigenvalue weighted by Crippen LogP contribution is 2.28. The third-order valence-corrected chi connectivity index (χ3v) is 3.70. The Labute approximate surface area is 145 Å². The van der Waals surface area contributed by atoms with Gasteiger partial charge in [0.05, 0.1) is 0 Å². The second-order valence-electron chi connectivity index (χ2n) is 4.80. The van der Waals surface area contributed by atoms with Crippen molar-refractivity contribution in [1.82, 2.24) is 10.1 Å². The van der Waals surface area contributed by atoms with E-state index in [2.05, 4.69) is 31.4 Å². The molecule has 3 rings (SSSR count). The van der Waals surface area contributed by atoms with Gasteiger partial charge in [-0.15, -0.1) is 0 Å². The van der Waals surface area contributed by atoms with Gasteiger partial charge in [0.25, 0.3) is 11.8 Å². The Morgan fingerprint density at radius 1 is 1.17 bits per heavy atom. The molecular formula is C16H11BrN4O3. The van der Waals surface area contributed by atoms with Gasteiger partial charge in [-0.25, -0.2) is 0 Å². The minimum Gasteiger partial charge on any atom is -0.365 e. The number of nitrogens with two attached hydrogens (primary N) is 1. The number of amides is 2. The molecule has 120 valence electrons. The fourth-order valence-corrected chi connectivity index (χ4v) is 2.52. The van der Waals surface area contributed by atoms with E-state index in [0.29, 0.717) is 11.1 Å². The van der Waals surface area contributed by atoms with Crippen molar-refractivity contribution >= 4 is 33.6 Å². The monoisotopic (exact) mass is 386 g/mol. The molecule has 0 radical (unpaired) electrons. The summed E-state index contributed by atoms with van der Waals surface area (Å²) >= 11 is 3.29. The highest BCUT2D eigenvalue weighted by molar-refractivity contribution is 9.10. The number of pyridine rings is 1. The molecule has 0 atom stereocenters. The minimum absolute atomic E-state index is 0.00421. The summed E-state index contributed by atoms with van der Waals surface area (Å²) in [6, 6.07) is 10.1. The summed E-state index contributed by atoms with van der Waals surface area (Å²) in [5.74, 6) is -1.30. The molecule has 0 aliphatic carbocycles. The zero-order valence-corrected chi connectivity index (χ0v) is 13.8. The summed E-state index contributed by atoms with van der Waals surface area (Å²) in [5.41, 5.74) is 6.66. The molecule has 0 saturated heterocycles. The van der Waals surface area contributed by atoms with E-state index in [1.807, 2.05) is 0 Å². The van der Waals surface area contributed by atoms with E-state index in [-0.39, 0.29) is 17.1 Å². The average molecular weight is 387 g/mol. The maximum absolute atomic E-state index is 12.3. The zero-order chi connectivity index (χ0) is 17.1. The van der Waals surface area contributed by atoms with Crippen LogP contribution in [0.3, 0.4) is 0 Å². The molecule has 0 saturated carbocycles. The van der Waals surface area contributed by atoms with E-state index in [1.165, 1.54) is 0 Å². The van der Waals surface area contributed by atoms with Gasteiger partial charge >= 0.3 is 0 Å². The van der Waals surface area contributed by atoms with Gasteiger partial charge in [0.15, 0.2) is 0 Å². The Morgan fingerprint density at radius 3 is 2.58 bits per heavy atom. The molecule has 7 nitrogen and oxygen atoms in total. The fourth-order valence-electron chi connectivity index (χ4n) is 2.12. The molecule has 3 aromatic rings. The van der Waals surface area contributed by atoms with Crippen LogP contribution in [0.15, 0.2) is 57.8 Å². The zero-order valence-electron chi connectivity index (χ0n) is 12.2. The number of primary amides is 1. The van der Waals surface area contributed by atoms with Crippen LogP contribution in [-0.2, 0) is 0 Å². The van der Waals surface area contributed by atoms with Crippen LogP contribution < -0.4 is 11.1 Å². The van der Waals surface area contributed by atoms with Crippen LogP contribution >= 0.6 is 15.9 Å². The fraction of sp³-hybridized carbons (Fsp3) is 0. The largest absolute Gasteiger partial charge is 0.365 e. The molecule has 0 fully saturated rings. The van der Waals surface area contributed by atoms with Crippen molar-refractivity contribution in [3.63, 3.8) is 0 Å². The van der Waals surface area contributed by atoms with Gasteiger partial charge in [-0.1, -0.05) is 27.2 Å². The van der Waals surface area contributed by atoms with E-state index >= 15 is 0 Å². The van der Waals surface area contributed by atoms with Crippen LogP contribution in [0.25, 0.3) is 11.3 Å². The Bertz CT molecular complexity index is 909. The van der Waals surface area contributed by atoms with E-state index in [1.54, 1.807) is 48.8 Å². The van der Waals surface area contributed by atoms with Gasteiger partial charge in [-0.05, 0) is 30.3 Å². The smallest absolute Gasteiger partial charge is 0.258 e. The molecule has 1 aromatic carbocycles. The van der Waals surface area contributed by atoms with Gasteiger partial charge < -0.3 is 10.3 Å². The maximum Gasteiger partial charge on any atom is 0.258 e. The number of hydrogen-bond donors (Lipinski definition) is 2. The standard InChI is InChI=1S/C16H11BrN4O3/c17-11-3-1-2-10(8-11)15(23)20-16-12(14(18)22)13(21-24-16)9-4-6-19-7-5-9/h1-8H,(H2,18,22)(H,20,23). The van der Waals surface area contributed by atoms with E-state index in [9.17, 15) is 9.59 Å². The molecule has 0 aliphatic heterocycles. The molecule has 0 aliphatic rings. The lowest BCUT2D eigenvalue weighted by Crippen LogP contribution is -2.17. The second kappa shape index (κ2) is 6.63. The summed E-state index contributed by atoms with van der Waals surface area (Å²) in [5, 5.41) is 6.36. The van der Waals surface area contributed by atoms with Crippen LogP contribution in [0, 0.1) is 0 Å². The first kappa shape index (κ1) is 15.9. The first-order valence-corrected chi connectivity index (χ1v) is 7.62. The molecule has 24 heavy (non-hydrogen) atoms. The molecule has 2 aromatic heterocycles. The van der Waals surface area contributed by atoms with Crippen molar-refractivity contribution in [1.29, 1.82) is 0 Å². The topological polar surface area (TPSA) is 111 Å².